The molecule has 0 spiro atoms. The number of hydrogen-bond acceptors (Lipinski definition) is 3. The van der Waals surface area contributed by atoms with Crippen molar-refractivity contribution in [2.75, 3.05) is 6.54 Å². The number of ketones is 1. The number of aromatic nitrogens is 2. The Kier molecular flexibility index (Phi) is 2.72. The molecule has 1 aromatic carbocycles. The van der Waals surface area contributed by atoms with Gasteiger partial charge in [-0.15, -0.1) is 0 Å². The molecule has 3 rings (SSSR count). The zero-order chi connectivity index (χ0) is 12.5. The molecule has 0 aliphatic carbocycles. The maximum atomic E-state index is 12.5. The summed E-state index contributed by atoms with van der Waals surface area (Å²) < 4.78 is 1.63. The lowest BCUT2D eigenvalue weighted by Gasteiger charge is -2.25. The number of fused-ring (bicyclic) bond motifs is 1. The number of Topliss-reactive ketones (excluding diaryl/α,β-unsaturated/α-hetero) is 1. The highest BCUT2D eigenvalue weighted by molar-refractivity contribution is 5.99. The minimum absolute atomic E-state index is 0.0853. The monoisotopic (exact) mass is 241 g/mol. The fourth-order valence-electron chi connectivity index (χ4n) is 2.50. The van der Waals surface area contributed by atoms with Crippen LogP contribution >= 0.6 is 0 Å². The number of nitrogens with zero attached hydrogens (tertiary/aromatic N) is 2. The number of benzene rings is 1. The quantitative estimate of drug-likeness (QED) is 0.810. The second-order valence-corrected chi connectivity index (χ2v) is 4.54. The molecule has 92 valence electrons. The molecule has 2 aromatic rings. The standard InChI is InChI=1S/C14H15N3O/c1-17-12(7-9-16-17)14(18)13-11-5-3-2-4-10(11)6-8-15-13/h2-5,7,9,13,15H,6,8H2,1H3. The third-order valence-electron chi connectivity index (χ3n) is 3.44. The first-order chi connectivity index (χ1) is 8.77. The summed E-state index contributed by atoms with van der Waals surface area (Å²) in [5, 5.41) is 7.36. The summed E-state index contributed by atoms with van der Waals surface area (Å²) in [6.07, 6.45) is 2.63. The van der Waals surface area contributed by atoms with E-state index < -0.39 is 0 Å². The van der Waals surface area contributed by atoms with Gasteiger partial charge in [-0.3, -0.25) is 9.48 Å². The topological polar surface area (TPSA) is 46.9 Å². The molecule has 18 heavy (non-hydrogen) atoms. The smallest absolute Gasteiger partial charge is 0.202 e. The van der Waals surface area contributed by atoms with Crippen LogP contribution in [0.25, 0.3) is 0 Å². The SMILES string of the molecule is Cn1nccc1C(=O)C1NCCc2ccccc21. The molecule has 4 nitrogen and oxygen atoms in total. The van der Waals surface area contributed by atoms with E-state index in [0.29, 0.717) is 5.69 Å². The molecule has 0 bridgehead atoms. The van der Waals surface area contributed by atoms with Gasteiger partial charge in [-0.1, -0.05) is 24.3 Å². The predicted molar refractivity (Wildman–Crippen MR) is 68.4 cm³/mol. The van der Waals surface area contributed by atoms with Crippen molar-refractivity contribution in [3.8, 4) is 0 Å². The van der Waals surface area contributed by atoms with Crippen molar-refractivity contribution in [3.63, 3.8) is 0 Å². The second-order valence-electron chi connectivity index (χ2n) is 4.54. The van der Waals surface area contributed by atoms with E-state index in [1.807, 2.05) is 18.2 Å². The molecule has 0 saturated carbocycles. The van der Waals surface area contributed by atoms with E-state index in [1.54, 1.807) is 24.0 Å². The van der Waals surface area contributed by atoms with Gasteiger partial charge in [-0.05, 0) is 23.6 Å². The van der Waals surface area contributed by atoms with E-state index in [-0.39, 0.29) is 11.8 Å². The number of aryl methyl sites for hydroxylation is 1. The van der Waals surface area contributed by atoms with Gasteiger partial charge in [-0.25, -0.2) is 0 Å². The number of carbonyl (C=O) groups is 1. The van der Waals surface area contributed by atoms with Crippen LogP contribution in [0.5, 0.6) is 0 Å². The third kappa shape index (κ3) is 1.75. The molecular weight excluding hydrogens is 226 g/mol. The van der Waals surface area contributed by atoms with Crippen LogP contribution in [0, 0.1) is 0 Å². The van der Waals surface area contributed by atoms with Crippen molar-refractivity contribution >= 4 is 5.78 Å². The van der Waals surface area contributed by atoms with E-state index >= 15 is 0 Å². The highest BCUT2D eigenvalue weighted by atomic mass is 16.1. The van der Waals surface area contributed by atoms with Crippen LogP contribution < -0.4 is 5.32 Å². The predicted octanol–water partition coefficient (Wildman–Crippen LogP) is 1.49. The minimum atomic E-state index is -0.245. The molecule has 1 atom stereocenters. The zero-order valence-electron chi connectivity index (χ0n) is 10.3. The largest absolute Gasteiger partial charge is 0.303 e. The molecule has 1 aliphatic heterocycles. The van der Waals surface area contributed by atoms with Crippen molar-refractivity contribution in [3.05, 3.63) is 53.3 Å². The maximum Gasteiger partial charge on any atom is 0.202 e. The summed E-state index contributed by atoms with van der Waals surface area (Å²) in [7, 11) is 1.79. The van der Waals surface area contributed by atoms with Crippen LogP contribution in [-0.4, -0.2) is 22.1 Å². The van der Waals surface area contributed by atoms with Gasteiger partial charge in [0.1, 0.15) is 5.69 Å². The van der Waals surface area contributed by atoms with Crippen molar-refractivity contribution in [1.82, 2.24) is 15.1 Å². The van der Waals surface area contributed by atoms with Gasteiger partial charge in [0.2, 0.25) is 5.78 Å². The maximum absolute atomic E-state index is 12.5. The highest BCUT2D eigenvalue weighted by Crippen LogP contribution is 2.25. The van der Waals surface area contributed by atoms with Gasteiger partial charge in [0.15, 0.2) is 0 Å². The molecule has 0 radical (unpaired) electrons. The molecular formula is C14H15N3O. The van der Waals surface area contributed by atoms with Gasteiger partial charge >= 0.3 is 0 Å². The normalized spacial score (nSPS) is 18.4. The number of hydrogen-bond donors (Lipinski definition) is 1. The lowest BCUT2D eigenvalue weighted by molar-refractivity contribution is 0.0930. The van der Waals surface area contributed by atoms with E-state index in [0.717, 1.165) is 18.5 Å². The second kappa shape index (κ2) is 4.38. The van der Waals surface area contributed by atoms with Gasteiger partial charge in [0.25, 0.3) is 0 Å². The summed E-state index contributed by atoms with van der Waals surface area (Å²) in [6.45, 7) is 0.839. The molecule has 1 aliphatic rings. The average Bonchev–Trinajstić information content (AvgIpc) is 2.83. The Morgan fingerprint density at radius 3 is 3.00 bits per heavy atom. The summed E-state index contributed by atoms with van der Waals surface area (Å²) in [5.74, 6) is 0.0853. The molecule has 0 amide bonds. The van der Waals surface area contributed by atoms with Crippen LogP contribution in [0.2, 0.25) is 0 Å². The van der Waals surface area contributed by atoms with Gasteiger partial charge in [0.05, 0.1) is 6.04 Å². The summed E-state index contributed by atoms with van der Waals surface area (Å²) in [4.78, 5) is 12.5. The Morgan fingerprint density at radius 2 is 2.22 bits per heavy atom. The Balaban J connectivity index is 2.00. The van der Waals surface area contributed by atoms with Crippen LogP contribution in [-0.2, 0) is 13.5 Å². The van der Waals surface area contributed by atoms with Crippen molar-refractivity contribution in [2.45, 2.75) is 12.5 Å². The Labute approximate surface area is 106 Å². The minimum Gasteiger partial charge on any atom is -0.303 e. The van der Waals surface area contributed by atoms with Gasteiger partial charge < -0.3 is 5.32 Å². The molecule has 0 fully saturated rings. The summed E-state index contributed by atoms with van der Waals surface area (Å²) >= 11 is 0. The number of nitrogens with one attached hydrogen (secondary N) is 1. The molecule has 4 heteroatoms. The zero-order valence-corrected chi connectivity index (χ0v) is 10.3. The Bertz CT molecular complexity index is 588. The molecule has 1 N–H and O–H groups in total. The van der Waals surface area contributed by atoms with Crippen LogP contribution in [0.3, 0.4) is 0 Å². The van der Waals surface area contributed by atoms with E-state index in [2.05, 4.69) is 16.5 Å². The van der Waals surface area contributed by atoms with E-state index in [9.17, 15) is 4.79 Å². The van der Waals surface area contributed by atoms with Crippen LogP contribution in [0.4, 0.5) is 0 Å². The first-order valence-electron chi connectivity index (χ1n) is 6.11. The fraction of sp³-hybridized carbons (Fsp3) is 0.286. The lowest BCUT2D eigenvalue weighted by atomic mass is 9.91. The summed E-state index contributed by atoms with van der Waals surface area (Å²) in [5.41, 5.74) is 3.00. The van der Waals surface area contributed by atoms with Crippen LogP contribution in [0.15, 0.2) is 36.5 Å². The lowest BCUT2D eigenvalue weighted by Crippen LogP contribution is -2.35. The first-order valence-corrected chi connectivity index (χ1v) is 6.11. The van der Waals surface area contributed by atoms with E-state index in [1.165, 1.54) is 5.56 Å². The van der Waals surface area contributed by atoms with E-state index in [4.69, 9.17) is 0 Å². The Hall–Kier alpha value is -1.94. The summed E-state index contributed by atoms with van der Waals surface area (Å²) in [6, 6.07) is 9.65. The molecule has 1 aromatic heterocycles. The fourth-order valence-corrected chi connectivity index (χ4v) is 2.50. The number of rotatable bonds is 2. The Morgan fingerprint density at radius 1 is 1.39 bits per heavy atom. The molecule has 2 heterocycles. The van der Waals surface area contributed by atoms with Crippen LogP contribution in [0.1, 0.15) is 27.7 Å². The van der Waals surface area contributed by atoms with Crippen molar-refractivity contribution in [2.24, 2.45) is 7.05 Å². The van der Waals surface area contributed by atoms with Gasteiger partial charge in [0, 0.05) is 19.8 Å². The molecule has 0 saturated heterocycles. The van der Waals surface area contributed by atoms with Crippen molar-refractivity contribution < 1.29 is 4.79 Å². The van der Waals surface area contributed by atoms with Gasteiger partial charge in [-0.2, -0.15) is 5.10 Å². The average molecular weight is 241 g/mol. The highest BCUT2D eigenvalue weighted by Gasteiger charge is 2.27. The van der Waals surface area contributed by atoms with Crippen molar-refractivity contribution in [1.29, 1.82) is 0 Å². The first kappa shape index (κ1) is 11.2. The molecule has 1 unspecified atom stereocenters. The third-order valence-corrected chi connectivity index (χ3v) is 3.44. The number of carbonyl (C=O) groups excluding carboxylic acids is 1.